The highest BCUT2D eigenvalue weighted by Gasteiger charge is 2.13. The first-order valence-electron chi connectivity index (χ1n) is 5.10. The summed E-state index contributed by atoms with van der Waals surface area (Å²) in [5, 5.41) is 0. The van der Waals surface area contributed by atoms with Crippen LogP contribution in [-0.4, -0.2) is 12.1 Å². The predicted molar refractivity (Wildman–Crippen MR) is 60.2 cm³/mol. The highest BCUT2D eigenvalue weighted by atomic mass is 16.5. The minimum absolute atomic E-state index is 0.283. The van der Waals surface area contributed by atoms with Crippen molar-refractivity contribution in [3.63, 3.8) is 0 Å². The molecule has 4 nitrogen and oxygen atoms in total. The van der Waals surface area contributed by atoms with Crippen LogP contribution in [0.2, 0.25) is 0 Å². The summed E-state index contributed by atoms with van der Waals surface area (Å²) >= 11 is 0. The smallest absolute Gasteiger partial charge is 0.256 e. The number of hydrogen-bond acceptors (Lipinski definition) is 4. The molecule has 2 rings (SSSR count). The molecule has 4 heteroatoms. The third kappa shape index (κ3) is 2.23. The van der Waals surface area contributed by atoms with E-state index in [-0.39, 0.29) is 6.54 Å². The molecule has 0 atom stereocenters. The van der Waals surface area contributed by atoms with E-state index in [1.807, 2.05) is 30.3 Å². The van der Waals surface area contributed by atoms with Crippen molar-refractivity contribution in [1.82, 2.24) is 4.98 Å². The van der Waals surface area contributed by atoms with Crippen molar-refractivity contribution in [3.8, 4) is 5.88 Å². The lowest BCUT2D eigenvalue weighted by Gasteiger charge is -1.99. The molecule has 0 aliphatic carbocycles. The van der Waals surface area contributed by atoms with E-state index in [0.29, 0.717) is 24.0 Å². The van der Waals surface area contributed by atoms with Crippen LogP contribution in [0.1, 0.15) is 17.2 Å². The summed E-state index contributed by atoms with van der Waals surface area (Å²) in [5.74, 6) is 1.74. The van der Waals surface area contributed by atoms with Gasteiger partial charge in [-0.15, -0.1) is 0 Å². The minimum atomic E-state index is 0.283. The van der Waals surface area contributed by atoms with Crippen LogP contribution in [0.25, 0.3) is 0 Å². The van der Waals surface area contributed by atoms with Gasteiger partial charge in [-0.3, -0.25) is 0 Å². The summed E-state index contributed by atoms with van der Waals surface area (Å²) in [6, 6.07) is 10.0. The molecule has 0 spiro atoms. The van der Waals surface area contributed by atoms with E-state index >= 15 is 0 Å². The van der Waals surface area contributed by atoms with Crippen molar-refractivity contribution in [3.05, 3.63) is 47.5 Å². The van der Waals surface area contributed by atoms with Crippen molar-refractivity contribution in [2.75, 3.05) is 7.11 Å². The Balaban J connectivity index is 2.23. The van der Waals surface area contributed by atoms with Crippen molar-refractivity contribution < 1.29 is 9.15 Å². The van der Waals surface area contributed by atoms with E-state index in [9.17, 15) is 0 Å². The Kier molecular flexibility index (Phi) is 3.22. The number of rotatable bonds is 4. The van der Waals surface area contributed by atoms with Crippen LogP contribution in [0.15, 0.2) is 34.7 Å². The SMILES string of the molecule is COc1nc(CN)oc1Cc1ccccc1. The number of oxazole rings is 1. The normalized spacial score (nSPS) is 10.4. The average molecular weight is 218 g/mol. The van der Waals surface area contributed by atoms with E-state index in [4.69, 9.17) is 14.9 Å². The van der Waals surface area contributed by atoms with Crippen molar-refractivity contribution >= 4 is 0 Å². The molecule has 1 aromatic carbocycles. The monoisotopic (exact) mass is 218 g/mol. The van der Waals surface area contributed by atoms with Gasteiger partial charge in [0.15, 0.2) is 5.76 Å². The fourth-order valence-corrected chi connectivity index (χ4v) is 1.52. The van der Waals surface area contributed by atoms with Crippen LogP contribution in [0.5, 0.6) is 5.88 Å². The van der Waals surface area contributed by atoms with Gasteiger partial charge in [0.1, 0.15) is 0 Å². The van der Waals surface area contributed by atoms with Crippen molar-refractivity contribution in [2.24, 2.45) is 5.73 Å². The van der Waals surface area contributed by atoms with Gasteiger partial charge in [-0.25, -0.2) is 0 Å². The number of ether oxygens (including phenoxy) is 1. The van der Waals surface area contributed by atoms with E-state index < -0.39 is 0 Å². The number of aromatic nitrogens is 1. The summed E-state index contributed by atoms with van der Waals surface area (Å²) < 4.78 is 10.6. The van der Waals surface area contributed by atoms with Crippen LogP contribution < -0.4 is 10.5 Å². The second-order valence-electron chi connectivity index (χ2n) is 3.41. The maximum Gasteiger partial charge on any atom is 0.256 e. The molecule has 2 aromatic rings. The summed E-state index contributed by atoms with van der Waals surface area (Å²) in [7, 11) is 1.58. The molecule has 0 radical (unpaired) electrons. The van der Waals surface area contributed by atoms with E-state index in [2.05, 4.69) is 4.98 Å². The van der Waals surface area contributed by atoms with Crippen LogP contribution in [0.4, 0.5) is 0 Å². The van der Waals surface area contributed by atoms with E-state index in [1.54, 1.807) is 7.11 Å². The van der Waals surface area contributed by atoms with Gasteiger partial charge < -0.3 is 14.9 Å². The maximum atomic E-state index is 5.50. The van der Waals surface area contributed by atoms with Gasteiger partial charge in [-0.05, 0) is 5.56 Å². The average Bonchev–Trinajstić information content (AvgIpc) is 2.73. The fourth-order valence-electron chi connectivity index (χ4n) is 1.52. The molecule has 0 unspecified atom stereocenters. The molecule has 0 amide bonds. The summed E-state index contributed by atoms with van der Waals surface area (Å²) in [6.07, 6.45) is 0.664. The summed E-state index contributed by atoms with van der Waals surface area (Å²) in [5.41, 5.74) is 6.62. The number of nitrogens with two attached hydrogens (primary N) is 1. The Morgan fingerprint density at radius 2 is 2.06 bits per heavy atom. The minimum Gasteiger partial charge on any atom is -0.479 e. The zero-order chi connectivity index (χ0) is 11.4. The molecule has 0 aliphatic rings. The Morgan fingerprint density at radius 3 is 2.69 bits per heavy atom. The number of nitrogens with zero attached hydrogens (tertiary/aromatic N) is 1. The van der Waals surface area contributed by atoms with Gasteiger partial charge in [0, 0.05) is 6.42 Å². The number of hydrogen-bond donors (Lipinski definition) is 1. The first kappa shape index (κ1) is 10.7. The molecular weight excluding hydrogens is 204 g/mol. The van der Waals surface area contributed by atoms with Gasteiger partial charge in [-0.2, -0.15) is 4.98 Å². The standard InChI is InChI=1S/C12H14N2O2/c1-15-12-10(16-11(8-13)14-12)7-9-5-3-2-4-6-9/h2-6H,7-8,13H2,1H3. The maximum absolute atomic E-state index is 5.50. The third-order valence-corrected chi connectivity index (χ3v) is 2.28. The molecule has 0 fully saturated rings. The van der Waals surface area contributed by atoms with Gasteiger partial charge in [0.25, 0.3) is 5.88 Å². The molecule has 0 bridgehead atoms. The topological polar surface area (TPSA) is 61.3 Å². The van der Waals surface area contributed by atoms with Gasteiger partial charge >= 0.3 is 0 Å². The van der Waals surface area contributed by atoms with Crippen LogP contribution in [0.3, 0.4) is 0 Å². The highest BCUT2D eigenvalue weighted by Crippen LogP contribution is 2.21. The van der Waals surface area contributed by atoms with Gasteiger partial charge in [-0.1, -0.05) is 30.3 Å². The Labute approximate surface area is 94.1 Å². The third-order valence-electron chi connectivity index (χ3n) is 2.28. The van der Waals surface area contributed by atoms with Crippen molar-refractivity contribution in [2.45, 2.75) is 13.0 Å². The molecule has 0 saturated heterocycles. The van der Waals surface area contributed by atoms with Gasteiger partial charge in [0.2, 0.25) is 5.89 Å². The Bertz CT molecular complexity index is 451. The molecule has 16 heavy (non-hydrogen) atoms. The predicted octanol–water partition coefficient (Wildman–Crippen LogP) is 1.73. The van der Waals surface area contributed by atoms with Gasteiger partial charge in [0.05, 0.1) is 13.7 Å². The lowest BCUT2D eigenvalue weighted by Crippen LogP contribution is -1.95. The lowest BCUT2D eigenvalue weighted by atomic mass is 10.1. The first-order valence-corrected chi connectivity index (χ1v) is 5.10. The molecule has 1 heterocycles. The Hall–Kier alpha value is -1.81. The Morgan fingerprint density at radius 1 is 1.31 bits per heavy atom. The largest absolute Gasteiger partial charge is 0.479 e. The number of methoxy groups -OCH3 is 1. The summed E-state index contributed by atoms with van der Waals surface area (Å²) in [4.78, 5) is 4.13. The molecule has 1 aromatic heterocycles. The van der Waals surface area contributed by atoms with Crippen LogP contribution >= 0.6 is 0 Å². The molecule has 84 valence electrons. The van der Waals surface area contributed by atoms with E-state index in [0.717, 1.165) is 5.56 Å². The van der Waals surface area contributed by atoms with E-state index in [1.165, 1.54) is 0 Å². The summed E-state index contributed by atoms with van der Waals surface area (Å²) in [6.45, 7) is 0.283. The van der Waals surface area contributed by atoms with Crippen molar-refractivity contribution in [1.29, 1.82) is 0 Å². The highest BCUT2D eigenvalue weighted by molar-refractivity contribution is 5.26. The van der Waals surface area contributed by atoms with Crippen LogP contribution in [0, 0.1) is 0 Å². The lowest BCUT2D eigenvalue weighted by molar-refractivity contribution is 0.384. The number of benzene rings is 1. The molecule has 2 N–H and O–H groups in total. The second kappa shape index (κ2) is 4.81. The zero-order valence-electron chi connectivity index (χ0n) is 9.14. The first-order chi connectivity index (χ1) is 7.83. The second-order valence-corrected chi connectivity index (χ2v) is 3.41. The quantitative estimate of drug-likeness (QED) is 0.849. The molecular formula is C12H14N2O2. The van der Waals surface area contributed by atoms with Crippen LogP contribution in [-0.2, 0) is 13.0 Å². The molecule has 0 aliphatic heterocycles. The zero-order valence-corrected chi connectivity index (χ0v) is 9.14. The molecule has 0 saturated carbocycles. The fraction of sp³-hybridized carbons (Fsp3) is 0.250.